The van der Waals surface area contributed by atoms with E-state index in [4.69, 9.17) is 4.74 Å². The van der Waals surface area contributed by atoms with Crippen molar-refractivity contribution in [3.63, 3.8) is 0 Å². The molecule has 28 heavy (non-hydrogen) atoms. The van der Waals surface area contributed by atoms with Gasteiger partial charge in [0.05, 0.1) is 13.0 Å². The second kappa shape index (κ2) is 9.07. The number of amides is 2. The first-order valence-electron chi connectivity index (χ1n) is 8.48. The number of thioether (sulfide) groups is 1. The van der Waals surface area contributed by atoms with Crippen LogP contribution >= 0.6 is 23.1 Å². The Morgan fingerprint density at radius 1 is 1.29 bits per heavy atom. The van der Waals surface area contributed by atoms with Crippen molar-refractivity contribution in [2.45, 2.75) is 26.0 Å². The molecule has 0 aliphatic carbocycles. The molecule has 0 bridgehead atoms. The summed E-state index contributed by atoms with van der Waals surface area (Å²) in [5.41, 5.74) is 1.62. The molecule has 2 aromatic rings. The molecule has 3 rings (SSSR count). The van der Waals surface area contributed by atoms with E-state index in [1.807, 2.05) is 24.3 Å². The van der Waals surface area contributed by atoms with Gasteiger partial charge in [0.2, 0.25) is 11.0 Å². The quantitative estimate of drug-likeness (QED) is 0.774. The summed E-state index contributed by atoms with van der Waals surface area (Å²) in [6, 6.07) is 7.68. The van der Waals surface area contributed by atoms with Crippen LogP contribution in [0.2, 0.25) is 0 Å². The molecule has 1 atom stereocenters. The van der Waals surface area contributed by atoms with Gasteiger partial charge in [-0.3, -0.25) is 9.59 Å². The number of ether oxygens (including phenoxy) is 1. The number of nitrogens with one attached hydrogen (secondary N) is 1. The maximum Gasteiger partial charge on any atom is 0.257 e. The number of hydrogen-bond acceptors (Lipinski definition) is 8. The predicted octanol–water partition coefficient (Wildman–Crippen LogP) is 3.09. The molecule has 146 valence electrons. The third-order valence-corrected chi connectivity index (χ3v) is 5.62. The molecule has 0 radical (unpaired) electrons. The number of carbonyl (C=O) groups is 2. The van der Waals surface area contributed by atoms with Crippen molar-refractivity contribution >= 4 is 50.9 Å². The average molecular weight is 418 g/mol. The molecule has 0 spiro atoms. The maximum absolute atomic E-state index is 12.4. The Labute approximate surface area is 170 Å². The highest BCUT2D eigenvalue weighted by Crippen LogP contribution is 2.24. The molecule has 1 N–H and O–H groups in total. The fourth-order valence-electron chi connectivity index (χ4n) is 2.52. The van der Waals surface area contributed by atoms with E-state index < -0.39 is 5.92 Å². The van der Waals surface area contributed by atoms with Crippen LogP contribution in [0, 0.1) is 12.8 Å². The summed E-state index contributed by atoms with van der Waals surface area (Å²) in [6.07, 6.45) is -0.0237. The van der Waals surface area contributed by atoms with Crippen LogP contribution in [0.5, 0.6) is 5.75 Å². The van der Waals surface area contributed by atoms with Gasteiger partial charge in [-0.1, -0.05) is 35.2 Å². The summed E-state index contributed by atoms with van der Waals surface area (Å²) in [7, 11) is 1.62. The van der Waals surface area contributed by atoms with Gasteiger partial charge in [0.25, 0.3) is 5.91 Å². The Morgan fingerprint density at radius 2 is 2.11 bits per heavy atom. The number of methoxy groups -OCH3 is 1. The Bertz CT molecular complexity index is 954. The van der Waals surface area contributed by atoms with Crippen LogP contribution in [-0.2, 0) is 15.3 Å². The summed E-state index contributed by atoms with van der Waals surface area (Å²) in [6.45, 7) is 3.54. The third-order valence-electron chi connectivity index (χ3n) is 3.94. The Kier molecular flexibility index (Phi) is 6.53. The lowest BCUT2D eigenvalue weighted by molar-refractivity contribution is -0.124. The van der Waals surface area contributed by atoms with Crippen LogP contribution in [-0.4, -0.2) is 40.0 Å². The number of hydrogen-bond donors (Lipinski definition) is 1. The van der Waals surface area contributed by atoms with E-state index in [2.05, 4.69) is 25.5 Å². The standard InChI is InChI=1S/C18H19N5O3S2/c1-10-14(8-15(24)20-18-23-22-11(2)28-18)16(25)21-17(19-10)27-9-12-5-4-6-13(7-12)26-3/h4-7,14H,8-9H2,1-3H3,(H,20,23,24). The molecule has 1 aromatic carbocycles. The number of nitrogens with zero attached hydrogens (tertiary/aromatic N) is 4. The lowest BCUT2D eigenvalue weighted by Gasteiger charge is -2.17. The van der Waals surface area contributed by atoms with Crippen molar-refractivity contribution in [1.82, 2.24) is 10.2 Å². The molecular formula is C18H19N5O3S2. The smallest absolute Gasteiger partial charge is 0.257 e. The number of aromatic nitrogens is 2. The van der Waals surface area contributed by atoms with Crippen LogP contribution in [0.4, 0.5) is 5.13 Å². The highest BCUT2D eigenvalue weighted by molar-refractivity contribution is 8.13. The van der Waals surface area contributed by atoms with Gasteiger partial charge in [-0.25, -0.2) is 4.99 Å². The number of aryl methyl sites for hydroxylation is 1. The number of benzene rings is 1. The summed E-state index contributed by atoms with van der Waals surface area (Å²) in [5, 5.41) is 11.9. The first-order valence-corrected chi connectivity index (χ1v) is 10.3. The Hall–Kier alpha value is -2.59. The molecule has 0 fully saturated rings. The predicted molar refractivity (Wildman–Crippen MR) is 111 cm³/mol. The van der Waals surface area contributed by atoms with Crippen molar-refractivity contribution < 1.29 is 14.3 Å². The van der Waals surface area contributed by atoms with E-state index in [-0.39, 0.29) is 18.2 Å². The fourth-order valence-corrected chi connectivity index (χ4v) is 3.96. The number of amidine groups is 1. The lowest BCUT2D eigenvalue weighted by atomic mass is 9.98. The number of rotatable bonds is 6. The minimum Gasteiger partial charge on any atom is -0.497 e. The SMILES string of the molecule is COc1cccc(CSC2=NC(=O)C(CC(=O)Nc3nnc(C)s3)C(C)=N2)c1. The molecule has 1 aromatic heterocycles. The Morgan fingerprint density at radius 3 is 2.79 bits per heavy atom. The van der Waals surface area contributed by atoms with Crippen molar-refractivity contribution in [3.8, 4) is 5.75 Å². The van der Waals surface area contributed by atoms with E-state index in [1.165, 1.54) is 23.1 Å². The van der Waals surface area contributed by atoms with Crippen LogP contribution in [0.15, 0.2) is 34.3 Å². The van der Waals surface area contributed by atoms with Gasteiger partial charge in [0.15, 0.2) is 5.17 Å². The monoisotopic (exact) mass is 417 g/mol. The van der Waals surface area contributed by atoms with E-state index >= 15 is 0 Å². The lowest BCUT2D eigenvalue weighted by Crippen LogP contribution is -2.30. The molecule has 10 heteroatoms. The second-order valence-electron chi connectivity index (χ2n) is 6.06. The molecule has 2 amide bonds. The van der Waals surface area contributed by atoms with Crippen LogP contribution in [0.25, 0.3) is 0 Å². The van der Waals surface area contributed by atoms with Gasteiger partial charge in [0.1, 0.15) is 10.8 Å². The summed E-state index contributed by atoms with van der Waals surface area (Å²) in [4.78, 5) is 33.1. The average Bonchev–Trinajstić information content (AvgIpc) is 3.07. The second-order valence-corrected chi connectivity index (χ2v) is 8.18. The minimum absolute atomic E-state index is 0.0237. The van der Waals surface area contributed by atoms with Gasteiger partial charge in [0, 0.05) is 17.9 Å². The molecule has 0 saturated heterocycles. The van der Waals surface area contributed by atoms with E-state index in [0.29, 0.717) is 21.8 Å². The molecular weight excluding hydrogens is 398 g/mol. The summed E-state index contributed by atoms with van der Waals surface area (Å²) < 4.78 is 5.21. The maximum atomic E-state index is 12.4. The van der Waals surface area contributed by atoms with E-state index in [9.17, 15) is 9.59 Å². The van der Waals surface area contributed by atoms with Gasteiger partial charge >= 0.3 is 0 Å². The van der Waals surface area contributed by atoms with Crippen molar-refractivity contribution in [2.24, 2.45) is 15.9 Å². The molecule has 1 aliphatic heterocycles. The molecule has 2 heterocycles. The Balaban J connectivity index is 1.58. The zero-order chi connectivity index (χ0) is 20.1. The highest BCUT2D eigenvalue weighted by atomic mass is 32.2. The van der Waals surface area contributed by atoms with Gasteiger partial charge in [-0.05, 0) is 31.5 Å². The zero-order valence-electron chi connectivity index (χ0n) is 15.6. The highest BCUT2D eigenvalue weighted by Gasteiger charge is 2.29. The van der Waals surface area contributed by atoms with Gasteiger partial charge in [-0.15, -0.1) is 10.2 Å². The zero-order valence-corrected chi connectivity index (χ0v) is 17.3. The largest absolute Gasteiger partial charge is 0.497 e. The van der Waals surface area contributed by atoms with Crippen LogP contribution in [0.3, 0.4) is 0 Å². The molecule has 1 aliphatic rings. The third kappa shape index (κ3) is 5.23. The topological polar surface area (TPSA) is 106 Å². The summed E-state index contributed by atoms with van der Waals surface area (Å²) in [5.74, 6) is 0.0593. The van der Waals surface area contributed by atoms with E-state index in [0.717, 1.165) is 16.3 Å². The number of aliphatic imine (C=N–C) groups is 2. The molecule has 8 nitrogen and oxygen atoms in total. The van der Waals surface area contributed by atoms with E-state index in [1.54, 1.807) is 21.0 Å². The first-order chi connectivity index (χ1) is 13.4. The summed E-state index contributed by atoms with van der Waals surface area (Å²) >= 11 is 2.65. The van der Waals surface area contributed by atoms with Gasteiger partial charge in [-0.2, -0.15) is 4.99 Å². The van der Waals surface area contributed by atoms with Gasteiger partial charge < -0.3 is 10.1 Å². The first kappa shape index (κ1) is 20.2. The van der Waals surface area contributed by atoms with Crippen molar-refractivity contribution in [2.75, 3.05) is 12.4 Å². The molecule has 0 saturated carbocycles. The van der Waals surface area contributed by atoms with Crippen molar-refractivity contribution in [1.29, 1.82) is 0 Å². The minimum atomic E-state index is -0.657. The van der Waals surface area contributed by atoms with Crippen molar-refractivity contribution in [3.05, 3.63) is 34.8 Å². The normalized spacial score (nSPS) is 16.4. The fraction of sp³-hybridized carbons (Fsp3) is 0.333. The van der Waals surface area contributed by atoms with Crippen LogP contribution in [0.1, 0.15) is 23.9 Å². The molecule has 1 unspecified atom stereocenters. The number of carbonyl (C=O) groups excluding carboxylic acids is 2. The number of anilines is 1. The van der Waals surface area contributed by atoms with Crippen LogP contribution < -0.4 is 10.1 Å².